The summed E-state index contributed by atoms with van der Waals surface area (Å²) in [7, 11) is 3.82. The monoisotopic (exact) mass is 311 g/mol. The van der Waals surface area contributed by atoms with Crippen molar-refractivity contribution in [3.8, 4) is 23.0 Å². The van der Waals surface area contributed by atoms with Crippen LogP contribution in [0.4, 0.5) is 5.69 Å². The molecule has 0 amide bonds. The highest BCUT2D eigenvalue weighted by Crippen LogP contribution is 2.41. The summed E-state index contributed by atoms with van der Waals surface area (Å²) in [6.07, 6.45) is 1.65. The van der Waals surface area contributed by atoms with Crippen molar-refractivity contribution in [1.29, 1.82) is 0 Å². The van der Waals surface area contributed by atoms with Crippen LogP contribution in [0.15, 0.2) is 45.8 Å². The second-order valence-corrected chi connectivity index (χ2v) is 5.40. The van der Waals surface area contributed by atoms with E-state index in [0.717, 1.165) is 5.56 Å². The number of aromatic nitrogens is 1. The molecule has 0 bridgehead atoms. The zero-order chi connectivity index (χ0) is 16.4. The van der Waals surface area contributed by atoms with Gasteiger partial charge in [-0.1, -0.05) is 18.2 Å². The molecule has 0 aliphatic rings. The van der Waals surface area contributed by atoms with Crippen LogP contribution < -0.4 is 0 Å². The number of oxazole rings is 1. The normalized spacial score (nSPS) is 11.8. The Bertz CT molecular complexity index is 854. The van der Waals surface area contributed by atoms with Crippen LogP contribution in [-0.4, -0.2) is 47.0 Å². The van der Waals surface area contributed by atoms with E-state index in [1.165, 1.54) is 6.07 Å². The van der Waals surface area contributed by atoms with Crippen LogP contribution in [0, 0.1) is 0 Å². The number of phenolic OH excluding ortho intramolecular Hbond substituents is 2. The van der Waals surface area contributed by atoms with Gasteiger partial charge in [-0.3, -0.25) is 4.99 Å². The van der Waals surface area contributed by atoms with Crippen molar-refractivity contribution in [2.45, 2.75) is 0 Å². The van der Waals surface area contributed by atoms with E-state index in [4.69, 9.17) is 4.42 Å². The zero-order valence-electron chi connectivity index (χ0n) is 12.9. The summed E-state index contributed by atoms with van der Waals surface area (Å²) in [5.41, 5.74) is 1.35. The third kappa shape index (κ3) is 3.02. The van der Waals surface area contributed by atoms with Crippen molar-refractivity contribution in [2.24, 2.45) is 4.99 Å². The van der Waals surface area contributed by atoms with Gasteiger partial charge in [0, 0.05) is 24.4 Å². The molecule has 1 heterocycles. The molecule has 3 rings (SSSR count). The number of phenols is 2. The maximum Gasteiger partial charge on any atom is 0.227 e. The summed E-state index contributed by atoms with van der Waals surface area (Å²) in [4.78, 5) is 10.4. The maximum atomic E-state index is 10.3. The predicted octanol–water partition coefficient (Wildman–Crippen LogP) is 3.17. The highest BCUT2D eigenvalue weighted by molar-refractivity contribution is 5.92. The Morgan fingerprint density at radius 2 is 1.96 bits per heavy atom. The lowest BCUT2D eigenvalue weighted by Crippen LogP contribution is -2.13. The van der Waals surface area contributed by atoms with Crippen LogP contribution in [-0.2, 0) is 0 Å². The first-order valence-corrected chi connectivity index (χ1v) is 7.14. The van der Waals surface area contributed by atoms with Crippen LogP contribution >= 0.6 is 0 Å². The Morgan fingerprint density at radius 3 is 2.65 bits per heavy atom. The first-order valence-electron chi connectivity index (χ1n) is 7.14. The fourth-order valence-corrected chi connectivity index (χ4v) is 2.14. The molecular formula is C17H17N3O3. The minimum atomic E-state index is -0.137. The van der Waals surface area contributed by atoms with Crippen molar-refractivity contribution < 1.29 is 14.6 Å². The van der Waals surface area contributed by atoms with E-state index in [-0.39, 0.29) is 28.3 Å². The molecule has 0 aliphatic carbocycles. The summed E-state index contributed by atoms with van der Waals surface area (Å²) < 4.78 is 5.63. The fourth-order valence-electron chi connectivity index (χ4n) is 2.14. The van der Waals surface area contributed by atoms with E-state index in [1.54, 1.807) is 6.21 Å². The number of hydrogen-bond donors (Lipinski definition) is 2. The van der Waals surface area contributed by atoms with Crippen LogP contribution in [0.2, 0.25) is 0 Å². The lowest BCUT2D eigenvalue weighted by atomic mass is 10.2. The van der Waals surface area contributed by atoms with Gasteiger partial charge in [-0.15, -0.1) is 0 Å². The molecule has 1 aromatic heterocycles. The number of rotatable bonds is 4. The van der Waals surface area contributed by atoms with E-state index < -0.39 is 0 Å². The quantitative estimate of drug-likeness (QED) is 0.571. The maximum absolute atomic E-state index is 10.3. The average molecular weight is 311 g/mol. The Kier molecular flexibility index (Phi) is 3.99. The molecule has 0 saturated heterocycles. The Labute approximate surface area is 133 Å². The van der Waals surface area contributed by atoms with Crippen LogP contribution in [0.25, 0.3) is 22.6 Å². The smallest absolute Gasteiger partial charge is 0.227 e. The summed E-state index contributed by atoms with van der Waals surface area (Å²) in [5.74, 6) is 0.115. The van der Waals surface area contributed by atoms with Crippen molar-refractivity contribution in [2.75, 3.05) is 20.6 Å². The summed E-state index contributed by atoms with van der Waals surface area (Å²) >= 11 is 0. The van der Waals surface area contributed by atoms with Gasteiger partial charge in [-0.05, 0) is 26.2 Å². The molecule has 0 fully saturated rings. The van der Waals surface area contributed by atoms with Gasteiger partial charge < -0.3 is 19.5 Å². The highest BCUT2D eigenvalue weighted by atomic mass is 16.4. The van der Waals surface area contributed by atoms with Crippen molar-refractivity contribution in [3.63, 3.8) is 0 Å². The molecule has 0 saturated carbocycles. The van der Waals surface area contributed by atoms with Crippen molar-refractivity contribution in [1.82, 2.24) is 9.88 Å². The number of fused-ring (bicyclic) bond motifs is 1. The topological polar surface area (TPSA) is 82.1 Å². The largest absolute Gasteiger partial charge is 0.505 e. The molecular weight excluding hydrogens is 294 g/mol. The first kappa shape index (κ1) is 15.1. The minimum absolute atomic E-state index is 0.0827. The number of nitrogens with zero attached hydrogens (tertiary/aromatic N) is 3. The van der Waals surface area contributed by atoms with Gasteiger partial charge >= 0.3 is 0 Å². The average Bonchev–Trinajstić information content (AvgIpc) is 2.99. The molecule has 3 aromatic rings. The third-order valence-corrected chi connectivity index (χ3v) is 3.30. The fraction of sp³-hybridized carbons (Fsp3) is 0.176. The zero-order valence-corrected chi connectivity index (χ0v) is 12.9. The summed E-state index contributed by atoms with van der Waals surface area (Å²) in [6.45, 7) is 0.615. The van der Waals surface area contributed by atoms with E-state index in [0.29, 0.717) is 12.4 Å². The summed E-state index contributed by atoms with van der Waals surface area (Å²) in [5, 5.41) is 20.5. The lowest BCUT2D eigenvalue weighted by Gasteiger charge is -2.04. The Morgan fingerprint density at radius 1 is 1.22 bits per heavy atom. The predicted molar refractivity (Wildman–Crippen MR) is 89.5 cm³/mol. The second-order valence-electron chi connectivity index (χ2n) is 5.40. The van der Waals surface area contributed by atoms with Crippen LogP contribution in [0.1, 0.15) is 0 Å². The molecule has 2 N–H and O–H groups in total. The molecule has 0 aliphatic heterocycles. The Balaban J connectivity index is 2.07. The van der Waals surface area contributed by atoms with Gasteiger partial charge in [-0.25, -0.2) is 4.98 Å². The second kappa shape index (κ2) is 6.10. The van der Waals surface area contributed by atoms with E-state index in [2.05, 4.69) is 9.98 Å². The van der Waals surface area contributed by atoms with E-state index in [9.17, 15) is 10.2 Å². The molecule has 0 atom stereocenters. The minimum Gasteiger partial charge on any atom is -0.505 e. The number of benzene rings is 2. The molecule has 0 radical (unpaired) electrons. The van der Waals surface area contributed by atoms with Gasteiger partial charge in [0.05, 0.1) is 0 Å². The molecule has 118 valence electrons. The number of aliphatic imine (C=N–C) groups is 1. The van der Waals surface area contributed by atoms with E-state index in [1.807, 2.05) is 49.3 Å². The van der Waals surface area contributed by atoms with Gasteiger partial charge in [0.15, 0.2) is 11.3 Å². The molecule has 0 spiro atoms. The van der Waals surface area contributed by atoms with E-state index >= 15 is 0 Å². The van der Waals surface area contributed by atoms with Gasteiger partial charge in [0.25, 0.3) is 0 Å². The van der Waals surface area contributed by atoms with Crippen LogP contribution in [0.3, 0.4) is 0 Å². The molecule has 6 heteroatoms. The molecule has 6 nitrogen and oxygen atoms in total. The number of aromatic hydroxyl groups is 2. The number of hydrogen-bond acceptors (Lipinski definition) is 6. The Hall–Kier alpha value is -2.86. The first-order chi connectivity index (χ1) is 11.1. The summed E-state index contributed by atoms with van der Waals surface area (Å²) in [6, 6.07) is 10.7. The van der Waals surface area contributed by atoms with Crippen molar-refractivity contribution >= 4 is 23.0 Å². The standard InChI is InChI=1S/C17H17N3O3/c1-20(2)9-8-18-12-10-13(21)14-16(15(12)22)23-17(19-14)11-6-4-3-5-7-11/h3-8,10,21-22H,9H2,1-2H3. The van der Waals surface area contributed by atoms with Crippen molar-refractivity contribution in [3.05, 3.63) is 36.4 Å². The third-order valence-electron chi connectivity index (χ3n) is 3.30. The molecule has 2 aromatic carbocycles. The SMILES string of the molecule is CN(C)CC=Nc1cc(O)c2nc(-c3ccccc3)oc2c1O. The highest BCUT2D eigenvalue weighted by Gasteiger charge is 2.18. The van der Waals surface area contributed by atoms with Gasteiger partial charge in [0.2, 0.25) is 11.5 Å². The lowest BCUT2D eigenvalue weighted by molar-refractivity contribution is 0.459. The van der Waals surface area contributed by atoms with Gasteiger partial charge in [0.1, 0.15) is 11.4 Å². The molecule has 23 heavy (non-hydrogen) atoms. The van der Waals surface area contributed by atoms with Crippen LogP contribution in [0.5, 0.6) is 11.5 Å². The molecule has 0 unspecified atom stereocenters. The van der Waals surface area contributed by atoms with Gasteiger partial charge in [-0.2, -0.15) is 0 Å².